The Kier molecular flexibility index (Phi) is 6.97. The van der Waals surface area contributed by atoms with Crippen LogP contribution in [0, 0.1) is 11.8 Å². The van der Waals surface area contributed by atoms with Crippen LogP contribution >= 0.6 is 0 Å². The van der Waals surface area contributed by atoms with E-state index >= 15 is 0 Å². The Morgan fingerprint density at radius 1 is 1.10 bits per heavy atom. The summed E-state index contributed by atoms with van der Waals surface area (Å²) in [5.41, 5.74) is 0. The van der Waals surface area contributed by atoms with E-state index in [0.717, 1.165) is 23.9 Å². The molecule has 0 radical (unpaired) electrons. The predicted molar refractivity (Wildman–Crippen MR) is 91.7 cm³/mol. The van der Waals surface area contributed by atoms with Gasteiger partial charge in [-0.05, 0) is 64.6 Å². The summed E-state index contributed by atoms with van der Waals surface area (Å²) in [6, 6.07) is 2.16. The molecule has 1 saturated heterocycles. The Bertz CT molecular complexity index is 274. The van der Waals surface area contributed by atoms with Crippen LogP contribution in [0.25, 0.3) is 0 Å². The Morgan fingerprint density at radius 2 is 1.86 bits per heavy atom. The fourth-order valence-electron chi connectivity index (χ4n) is 4.43. The average Bonchev–Trinajstić information content (AvgIpc) is 2.91. The van der Waals surface area contributed by atoms with Crippen molar-refractivity contribution in [2.45, 2.75) is 76.9 Å². The van der Waals surface area contributed by atoms with Crippen molar-refractivity contribution >= 4 is 0 Å². The van der Waals surface area contributed by atoms with Gasteiger partial charge in [0.2, 0.25) is 0 Å². The summed E-state index contributed by atoms with van der Waals surface area (Å²) in [5.74, 6) is 1.63. The molecule has 0 bridgehead atoms. The van der Waals surface area contributed by atoms with Crippen LogP contribution in [0.5, 0.6) is 0 Å². The van der Waals surface area contributed by atoms with Crippen molar-refractivity contribution in [1.82, 2.24) is 15.5 Å². The van der Waals surface area contributed by atoms with Crippen molar-refractivity contribution in [2.24, 2.45) is 11.8 Å². The predicted octanol–water partition coefficient (Wildman–Crippen LogP) is 2.86. The second-order valence-electron chi connectivity index (χ2n) is 8.01. The highest BCUT2D eigenvalue weighted by Gasteiger charge is 2.34. The van der Waals surface area contributed by atoms with Crippen LogP contribution in [0.15, 0.2) is 0 Å². The van der Waals surface area contributed by atoms with E-state index < -0.39 is 0 Å². The van der Waals surface area contributed by atoms with Gasteiger partial charge in [-0.15, -0.1) is 0 Å². The topological polar surface area (TPSA) is 27.3 Å². The van der Waals surface area contributed by atoms with Crippen molar-refractivity contribution in [3.8, 4) is 0 Å². The zero-order valence-electron chi connectivity index (χ0n) is 14.7. The number of hydrogen-bond acceptors (Lipinski definition) is 3. The molecule has 0 aromatic carbocycles. The molecule has 0 aromatic rings. The first-order valence-electron chi connectivity index (χ1n) is 9.20. The third-order valence-corrected chi connectivity index (χ3v) is 5.23. The Labute approximate surface area is 132 Å². The van der Waals surface area contributed by atoms with Gasteiger partial charge >= 0.3 is 0 Å². The lowest BCUT2D eigenvalue weighted by Crippen LogP contribution is -2.52. The molecule has 1 aliphatic heterocycles. The van der Waals surface area contributed by atoms with Crippen LogP contribution < -0.4 is 10.6 Å². The highest BCUT2D eigenvalue weighted by atomic mass is 15.1. The molecule has 1 saturated carbocycles. The molecular weight excluding hydrogens is 258 g/mol. The van der Waals surface area contributed by atoms with Gasteiger partial charge in [0.05, 0.1) is 0 Å². The summed E-state index contributed by atoms with van der Waals surface area (Å²) in [6.07, 6.45) is 9.71. The molecule has 0 spiro atoms. The van der Waals surface area contributed by atoms with E-state index in [1.165, 1.54) is 58.0 Å². The summed E-state index contributed by atoms with van der Waals surface area (Å²) in [7, 11) is 4.40. The minimum atomic E-state index is 0.645. The number of hydrogen-bond donors (Lipinski definition) is 2. The normalized spacial score (nSPS) is 32.0. The lowest BCUT2D eigenvalue weighted by atomic mass is 9.78. The first-order chi connectivity index (χ1) is 10.1. The van der Waals surface area contributed by atoms with Gasteiger partial charge in [-0.2, -0.15) is 0 Å². The van der Waals surface area contributed by atoms with Crippen molar-refractivity contribution in [3.63, 3.8) is 0 Å². The highest BCUT2D eigenvalue weighted by Crippen LogP contribution is 2.31. The summed E-state index contributed by atoms with van der Waals surface area (Å²) in [6.45, 7) is 7.10. The third-order valence-electron chi connectivity index (χ3n) is 5.23. The molecule has 3 heteroatoms. The SMILES string of the molecule is CC(C)CC(CN(C)C)NC1CCCCC1C1CCCN1. The highest BCUT2D eigenvalue weighted by molar-refractivity contribution is 4.93. The van der Waals surface area contributed by atoms with Gasteiger partial charge < -0.3 is 15.5 Å². The first kappa shape index (κ1) is 17.2. The van der Waals surface area contributed by atoms with E-state index in [1.54, 1.807) is 0 Å². The number of nitrogens with zero attached hydrogens (tertiary/aromatic N) is 1. The zero-order chi connectivity index (χ0) is 15.2. The monoisotopic (exact) mass is 295 g/mol. The first-order valence-corrected chi connectivity index (χ1v) is 9.20. The quantitative estimate of drug-likeness (QED) is 0.756. The van der Waals surface area contributed by atoms with E-state index in [1.807, 2.05) is 0 Å². The minimum absolute atomic E-state index is 0.645. The molecule has 1 heterocycles. The van der Waals surface area contributed by atoms with Gasteiger partial charge in [-0.3, -0.25) is 0 Å². The number of likely N-dealkylation sites (N-methyl/N-ethyl adjacent to an activating group) is 1. The maximum Gasteiger partial charge on any atom is 0.0199 e. The van der Waals surface area contributed by atoms with Crippen molar-refractivity contribution < 1.29 is 0 Å². The Balaban J connectivity index is 1.94. The summed E-state index contributed by atoms with van der Waals surface area (Å²) >= 11 is 0. The molecule has 3 nitrogen and oxygen atoms in total. The summed E-state index contributed by atoms with van der Waals surface area (Å²) in [4.78, 5) is 2.34. The van der Waals surface area contributed by atoms with Gasteiger partial charge in [-0.1, -0.05) is 26.7 Å². The molecule has 2 aliphatic rings. The van der Waals surface area contributed by atoms with Crippen LogP contribution in [0.2, 0.25) is 0 Å². The summed E-state index contributed by atoms with van der Waals surface area (Å²) in [5, 5.41) is 7.82. The number of rotatable bonds is 7. The van der Waals surface area contributed by atoms with Gasteiger partial charge in [-0.25, -0.2) is 0 Å². The standard InChI is InChI=1S/C18H37N3/c1-14(2)12-15(13-21(3)4)20-18-9-6-5-8-16(18)17-10-7-11-19-17/h14-20H,5-13H2,1-4H3. The van der Waals surface area contributed by atoms with E-state index in [-0.39, 0.29) is 0 Å². The summed E-state index contributed by atoms with van der Waals surface area (Å²) < 4.78 is 0. The van der Waals surface area contributed by atoms with E-state index in [4.69, 9.17) is 0 Å². The van der Waals surface area contributed by atoms with Crippen molar-refractivity contribution in [1.29, 1.82) is 0 Å². The molecule has 1 aliphatic carbocycles. The van der Waals surface area contributed by atoms with Gasteiger partial charge in [0.25, 0.3) is 0 Å². The minimum Gasteiger partial charge on any atom is -0.314 e. The lowest BCUT2D eigenvalue weighted by Gasteiger charge is -2.39. The van der Waals surface area contributed by atoms with Crippen LogP contribution in [0.4, 0.5) is 0 Å². The fourth-order valence-corrected chi connectivity index (χ4v) is 4.43. The van der Waals surface area contributed by atoms with Gasteiger partial charge in [0.1, 0.15) is 0 Å². The molecule has 2 rings (SSSR count). The largest absolute Gasteiger partial charge is 0.314 e. The van der Waals surface area contributed by atoms with Crippen LogP contribution in [0.3, 0.4) is 0 Å². The molecule has 2 N–H and O–H groups in total. The van der Waals surface area contributed by atoms with E-state index in [9.17, 15) is 0 Å². The molecule has 21 heavy (non-hydrogen) atoms. The van der Waals surface area contributed by atoms with Crippen LogP contribution in [-0.4, -0.2) is 50.2 Å². The van der Waals surface area contributed by atoms with Crippen LogP contribution in [-0.2, 0) is 0 Å². The maximum absolute atomic E-state index is 4.06. The second kappa shape index (κ2) is 8.50. The fraction of sp³-hybridized carbons (Fsp3) is 1.00. The molecule has 4 atom stereocenters. The maximum atomic E-state index is 4.06. The molecule has 4 unspecified atom stereocenters. The van der Waals surface area contributed by atoms with E-state index in [2.05, 4.69) is 43.5 Å². The second-order valence-corrected chi connectivity index (χ2v) is 8.01. The Hall–Kier alpha value is -0.120. The van der Waals surface area contributed by atoms with E-state index in [0.29, 0.717) is 6.04 Å². The molecule has 124 valence electrons. The van der Waals surface area contributed by atoms with Crippen molar-refractivity contribution in [3.05, 3.63) is 0 Å². The average molecular weight is 296 g/mol. The Morgan fingerprint density at radius 3 is 2.48 bits per heavy atom. The van der Waals surface area contributed by atoms with Gasteiger partial charge in [0.15, 0.2) is 0 Å². The molecule has 0 aromatic heterocycles. The molecule has 2 fully saturated rings. The van der Waals surface area contributed by atoms with Crippen LogP contribution in [0.1, 0.15) is 58.8 Å². The third kappa shape index (κ3) is 5.54. The smallest absolute Gasteiger partial charge is 0.0199 e. The van der Waals surface area contributed by atoms with Gasteiger partial charge in [0, 0.05) is 24.7 Å². The van der Waals surface area contributed by atoms with Crippen molar-refractivity contribution in [2.75, 3.05) is 27.2 Å². The molecule has 0 amide bonds. The number of nitrogens with one attached hydrogen (secondary N) is 2. The molecular formula is C18H37N3. The zero-order valence-corrected chi connectivity index (χ0v) is 14.7. The lowest BCUT2D eigenvalue weighted by molar-refractivity contribution is 0.181.